The van der Waals surface area contributed by atoms with Gasteiger partial charge in [0.25, 0.3) is 0 Å². The van der Waals surface area contributed by atoms with Gasteiger partial charge in [-0.25, -0.2) is 4.79 Å². The van der Waals surface area contributed by atoms with E-state index in [0.717, 1.165) is 11.4 Å². The number of nitrogens with one attached hydrogen (secondary N) is 2. The van der Waals surface area contributed by atoms with Crippen LogP contribution < -0.4 is 15.4 Å². The first-order valence-electron chi connectivity index (χ1n) is 9.20. The standard InChI is InChI=1S/C23H22N2O4/c1-28-23(27)18-11-5-6-12-19(18)25-22(26)15-16-24-20-13-7-8-14-21(20)29-17-9-3-2-4-10-17/h2-14,24H,15-16H2,1H3,(H,25,26). The van der Waals surface area contributed by atoms with E-state index in [1.165, 1.54) is 7.11 Å². The average Bonchev–Trinajstić information content (AvgIpc) is 2.75. The van der Waals surface area contributed by atoms with E-state index >= 15 is 0 Å². The number of methoxy groups -OCH3 is 1. The Bertz CT molecular complexity index is 973. The molecule has 2 N–H and O–H groups in total. The van der Waals surface area contributed by atoms with Crippen LogP contribution in [0.15, 0.2) is 78.9 Å². The van der Waals surface area contributed by atoms with Gasteiger partial charge in [-0.3, -0.25) is 4.79 Å². The Morgan fingerprint density at radius 3 is 2.24 bits per heavy atom. The van der Waals surface area contributed by atoms with E-state index in [4.69, 9.17) is 9.47 Å². The van der Waals surface area contributed by atoms with Crippen LogP contribution in [0.2, 0.25) is 0 Å². The van der Waals surface area contributed by atoms with Gasteiger partial charge in [-0.1, -0.05) is 42.5 Å². The lowest BCUT2D eigenvalue weighted by Gasteiger charge is -2.13. The Morgan fingerprint density at radius 1 is 0.828 bits per heavy atom. The maximum atomic E-state index is 12.3. The summed E-state index contributed by atoms with van der Waals surface area (Å²) in [5.74, 6) is 0.704. The fourth-order valence-electron chi connectivity index (χ4n) is 2.72. The van der Waals surface area contributed by atoms with Gasteiger partial charge in [-0.05, 0) is 36.4 Å². The number of rotatable bonds is 8. The summed E-state index contributed by atoms with van der Waals surface area (Å²) in [4.78, 5) is 24.1. The molecule has 6 nitrogen and oxygen atoms in total. The van der Waals surface area contributed by atoms with Crippen molar-refractivity contribution in [2.45, 2.75) is 6.42 Å². The van der Waals surface area contributed by atoms with Crippen LogP contribution in [0.25, 0.3) is 0 Å². The first kappa shape index (κ1) is 19.9. The zero-order valence-electron chi connectivity index (χ0n) is 16.1. The monoisotopic (exact) mass is 390 g/mol. The van der Waals surface area contributed by atoms with Crippen molar-refractivity contribution >= 4 is 23.3 Å². The second kappa shape index (κ2) is 9.94. The number of anilines is 2. The molecule has 0 aliphatic heterocycles. The molecule has 29 heavy (non-hydrogen) atoms. The molecular weight excluding hydrogens is 368 g/mol. The lowest BCUT2D eigenvalue weighted by atomic mass is 10.1. The van der Waals surface area contributed by atoms with Crippen LogP contribution in [-0.2, 0) is 9.53 Å². The number of carbonyl (C=O) groups excluding carboxylic acids is 2. The topological polar surface area (TPSA) is 76.7 Å². The van der Waals surface area contributed by atoms with Crippen LogP contribution in [0.1, 0.15) is 16.8 Å². The predicted molar refractivity (Wildman–Crippen MR) is 112 cm³/mol. The van der Waals surface area contributed by atoms with Crippen LogP contribution in [0.5, 0.6) is 11.5 Å². The second-order valence-electron chi connectivity index (χ2n) is 6.17. The average molecular weight is 390 g/mol. The number of para-hydroxylation sites is 4. The van der Waals surface area contributed by atoms with Crippen LogP contribution in [0.4, 0.5) is 11.4 Å². The molecule has 0 radical (unpaired) electrons. The second-order valence-corrected chi connectivity index (χ2v) is 6.17. The van der Waals surface area contributed by atoms with E-state index < -0.39 is 5.97 Å². The van der Waals surface area contributed by atoms with Gasteiger partial charge in [0.2, 0.25) is 5.91 Å². The van der Waals surface area contributed by atoms with Gasteiger partial charge in [0.1, 0.15) is 5.75 Å². The van der Waals surface area contributed by atoms with Crippen LogP contribution in [-0.4, -0.2) is 25.5 Å². The summed E-state index contributed by atoms with van der Waals surface area (Å²) in [6, 6.07) is 23.8. The fraction of sp³-hybridized carbons (Fsp3) is 0.130. The molecule has 1 amide bonds. The van der Waals surface area contributed by atoms with Gasteiger partial charge in [-0.15, -0.1) is 0 Å². The first-order chi connectivity index (χ1) is 14.2. The van der Waals surface area contributed by atoms with E-state index in [2.05, 4.69) is 10.6 Å². The van der Waals surface area contributed by atoms with Crippen molar-refractivity contribution in [1.82, 2.24) is 0 Å². The molecule has 0 unspecified atom stereocenters. The van der Waals surface area contributed by atoms with E-state index in [1.54, 1.807) is 24.3 Å². The number of ether oxygens (including phenoxy) is 2. The third-order valence-corrected chi connectivity index (χ3v) is 4.13. The number of amides is 1. The van der Waals surface area contributed by atoms with Crippen LogP contribution in [0, 0.1) is 0 Å². The fourth-order valence-corrected chi connectivity index (χ4v) is 2.72. The molecule has 6 heteroatoms. The highest BCUT2D eigenvalue weighted by molar-refractivity contribution is 6.01. The molecule has 3 aromatic rings. The Balaban J connectivity index is 1.57. The number of carbonyl (C=O) groups is 2. The van der Waals surface area contributed by atoms with Gasteiger partial charge in [0.05, 0.1) is 24.0 Å². The quantitative estimate of drug-likeness (QED) is 0.545. The zero-order valence-corrected chi connectivity index (χ0v) is 16.1. The molecule has 0 aliphatic carbocycles. The minimum Gasteiger partial charge on any atom is -0.465 e. The van der Waals surface area contributed by atoms with E-state index in [-0.39, 0.29) is 12.3 Å². The smallest absolute Gasteiger partial charge is 0.339 e. The van der Waals surface area contributed by atoms with Crippen LogP contribution in [0.3, 0.4) is 0 Å². The summed E-state index contributed by atoms with van der Waals surface area (Å²) < 4.78 is 10.6. The highest BCUT2D eigenvalue weighted by Gasteiger charge is 2.13. The number of benzene rings is 3. The van der Waals surface area contributed by atoms with Gasteiger partial charge in [-0.2, -0.15) is 0 Å². The number of hydrogen-bond donors (Lipinski definition) is 2. The zero-order chi connectivity index (χ0) is 20.5. The lowest BCUT2D eigenvalue weighted by Crippen LogP contribution is -2.18. The van der Waals surface area contributed by atoms with E-state index in [0.29, 0.717) is 23.5 Å². The third-order valence-electron chi connectivity index (χ3n) is 4.13. The predicted octanol–water partition coefficient (Wildman–Crippen LogP) is 4.71. The van der Waals surface area contributed by atoms with Crippen molar-refractivity contribution in [2.75, 3.05) is 24.3 Å². The van der Waals surface area contributed by atoms with Gasteiger partial charge >= 0.3 is 5.97 Å². The van der Waals surface area contributed by atoms with E-state index in [9.17, 15) is 9.59 Å². The summed E-state index contributed by atoms with van der Waals surface area (Å²) in [6.45, 7) is 0.404. The Morgan fingerprint density at radius 2 is 1.48 bits per heavy atom. The highest BCUT2D eigenvalue weighted by Crippen LogP contribution is 2.29. The van der Waals surface area contributed by atoms with Crippen molar-refractivity contribution in [3.05, 3.63) is 84.4 Å². The van der Waals surface area contributed by atoms with Crippen molar-refractivity contribution in [1.29, 1.82) is 0 Å². The molecule has 0 saturated carbocycles. The van der Waals surface area contributed by atoms with Crippen LogP contribution >= 0.6 is 0 Å². The maximum absolute atomic E-state index is 12.3. The minimum atomic E-state index is -0.494. The largest absolute Gasteiger partial charge is 0.465 e. The van der Waals surface area contributed by atoms with Gasteiger partial charge in [0.15, 0.2) is 5.75 Å². The molecule has 3 rings (SSSR count). The highest BCUT2D eigenvalue weighted by atomic mass is 16.5. The summed E-state index contributed by atoms with van der Waals surface area (Å²) in [5, 5.41) is 5.98. The maximum Gasteiger partial charge on any atom is 0.339 e. The lowest BCUT2D eigenvalue weighted by molar-refractivity contribution is -0.115. The normalized spacial score (nSPS) is 10.1. The van der Waals surface area contributed by atoms with Crippen molar-refractivity contribution in [2.24, 2.45) is 0 Å². The molecule has 0 bridgehead atoms. The molecular formula is C23H22N2O4. The molecule has 0 aliphatic rings. The SMILES string of the molecule is COC(=O)c1ccccc1NC(=O)CCNc1ccccc1Oc1ccccc1. The van der Waals surface area contributed by atoms with Crippen molar-refractivity contribution < 1.29 is 19.1 Å². The minimum absolute atomic E-state index is 0.213. The van der Waals surface area contributed by atoms with Crippen molar-refractivity contribution in [3.8, 4) is 11.5 Å². The van der Waals surface area contributed by atoms with E-state index in [1.807, 2.05) is 54.6 Å². The molecule has 0 fully saturated rings. The first-order valence-corrected chi connectivity index (χ1v) is 9.20. The number of hydrogen-bond acceptors (Lipinski definition) is 5. The summed E-state index contributed by atoms with van der Waals surface area (Å²) in [6.07, 6.45) is 0.217. The Labute approximate surface area is 169 Å². The summed E-state index contributed by atoms with van der Waals surface area (Å²) in [7, 11) is 1.31. The molecule has 0 heterocycles. The Hall–Kier alpha value is -3.80. The molecule has 0 spiro atoms. The van der Waals surface area contributed by atoms with Gasteiger partial charge < -0.3 is 20.1 Å². The third kappa shape index (κ3) is 5.59. The number of esters is 1. The molecule has 0 saturated heterocycles. The van der Waals surface area contributed by atoms with Gasteiger partial charge in [0, 0.05) is 13.0 Å². The molecule has 3 aromatic carbocycles. The summed E-state index contributed by atoms with van der Waals surface area (Å²) >= 11 is 0. The molecule has 0 aromatic heterocycles. The molecule has 148 valence electrons. The molecule has 0 atom stereocenters. The summed E-state index contributed by atoms with van der Waals surface area (Å²) in [5.41, 5.74) is 1.54. The van der Waals surface area contributed by atoms with Crippen molar-refractivity contribution in [3.63, 3.8) is 0 Å². The Kier molecular flexibility index (Phi) is 6.84.